The Kier molecular flexibility index (Phi) is 8.89. The first-order chi connectivity index (χ1) is 17.7. The summed E-state index contributed by atoms with van der Waals surface area (Å²) in [5.74, 6) is -2.33. The zero-order valence-corrected chi connectivity index (χ0v) is 20.7. The lowest BCUT2D eigenvalue weighted by Crippen LogP contribution is -2.57. The van der Waals surface area contributed by atoms with Crippen LogP contribution in [0.15, 0.2) is 48.7 Å². The Labute approximate surface area is 216 Å². The Morgan fingerprint density at radius 3 is 2.70 bits per heavy atom. The number of nitrogens with zero attached hydrogens (tertiary/aromatic N) is 5. The number of benzene rings is 2. The minimum atomic E-state index is -2.73. The summed E-state index contributed by atoms with van der Waals surface area (Å²) in [6.07, 6.45) is 0.883. The Bertz CT molecular complexity index is 1360. The molecule has 0 aliphatic heterocycles. The number of amides is 1. The molecule has 0 saturated heterocycles. The van der Waals surface area contributed by atoms with Gasteiger partial charge in [0, 0.05) is 31.2 Å². The molecule has 1 aromatic heterocycles. The number of hydrogen-bond acceptors (Lipinski definition) is 10. The van der Waals surface area contributed by atoms with E-state index in [0.29, 0.717) is 16.1 Å². The van der Waals surface area contributed by atoms with Gasteiger partial charge in [0.2, 0.25) is 11.7 Å². The number of carbonyl (C=O) groups is 2. The Hall–Kier alpha value is -4.34. The molecule has 0 aliphatic carbocycles. The first kappa shape index (κ1) is 27.3. The minimum Gasteiger partial charge on any atom is -0.476 e. The summed E-state index contributed by atoms with van der Waals surface area (Å²) in [5.41, 5.74) is -2.20. The zero-order valence-electron chi connectivity index (χ0n) is 19.9. The first-order valence-electron chi connectivity index (χ1n) is 11.0. The van der Waals surface area contributed by atoms with E-state index in [0.717, 1.165) is 11.0 Å². The molecule has 0 fully saturated rings. The second-order valence-corrected chi connectivity index (χ2v) is 8.04. The van der Waals surface area contributed by atoms with Crippen LogP contribution in [0.25, 0.3) is 11.0 Å². The van der Waals surface area contributed by atoms with Gasteiger partial charge >= 0.3 is 11.3 Å². The third-order valence-corrected chi connectivity index (χ3v) is 5.31. The molecular formula is C24H22ClN5O7. The van der Waals surface area contributed by atoms with Crippen molar-refractivity contribution in [2.24, 2.45) is 0 Å². The fourth-order valence-electron chi connectivity index (χ4n) is 3.23. The van der Waals surface area contributed by atoms with Gasteiger partial charge in [-0.15, -0.1) is 0 Å². The van der Waals surface area contributed by atoms with Gasteiger partial charge in [-0.3, -0.25) is 19.7 Å². The molecule has 1 unspecified atom stereocenters. The van der Waals surface area contributed by atoms with E-state index in [-0.39, 0.29) is 25.8 Å². The molecule has 0 radical (unpaired) electrons. The number of nitriles is 1. The summed E-state index contributed by atoms with van der Waals surface area (Å²) in [6, 6.07) is 11.7. The van der Waals surface area contributed by atoms with Crippen LogP contribution >= 0.6 is 11.6 Å². The number of ether oxygens (including phenoxy) is 3. The lowest BCUT2D eigenvalue weighted by molar-refractivity contribution is -0.386. The fraction of sp³-hybridized carbons (Fsp3) is 0.292. The SMILES string of the molecule is CCOCN(C)C(=O)C(C#N)(Oc1ccccc1[N+](=O)[O-])C(=O)CCOc1cnc2cc(Cl)ccc2n1. The predicted molar refractivity (Wildman–Crippen MR) is 131 cm³/mol. The van der Waals surface area contributed by atoms with Gasteiger partial charge in [0.1, 0.15) is 12.8 Å². The second-order valence-electron chi connectivity index (χ2n) is 7.61. The van der Waals surface area contributed by atoms with Crippen molar-refractivity contribution in [2.75, 3.05) is 27.0 Å². The number of fused-ring (bicyclic) bond motifs is 1. The van der Waals surface area contributed by atoms with Gasteiger partial charge < -0.3 is 19.1 Å². The molecule has 12 nitrogen and oxygen atoms in total. The number of halogens is 1. The lowest BCUT2D eigenvalue weighted by Gasteiger charge is -2.29. The summed E-state index contributed by atoms with van der Waals surface area (Å²) in [4.78, 5) is 46.7. The van der Waals surface area contributed by atoms with Gasteiger partial charge in [-0.25, -0.2) is 9.97 Å². The van der Waals surface area contributed by atoms with E-state index in [9.17, 15) is 25.0 Å². The monoisotopic (exact) mass is 527 g/mol. The average Bonchev–Trinajstić information content (AvgIpc) is 2.90. The van der Waals surface area contributed by atoms with Crippen molar-refractivity contribution in [3.05, 3.63) is 63.8 Å². The Balaban J connectivity index is 1.85. The number of nitro groups is 1. The highest BCUT2D eigenvalue weighted by Crippen LogP contribution is 2.31. The molecule has 1 amide bonds. The number of rotatable bonds is 12. The molecule has 0 bridgehead atoms. The molecule has 0 N–H and O–H groups in total. The maximum Gasteiger partial charge on any atom is 0.330 e. The summed E-state index contributed by atoms with van der Waals surface area (Å²) >= 11 is 5.94. The quantitative estimate of drug-likeness (QED) is 0.148. The minimum absolute atomic E-state index is 0.101. The van der Waals surface area contributed by atoms with E-state index in [1.165, 1.54) is 31.4 Å². The molecule has 3 aromatic rings. The number of aromatic nitrogens is 2. The van der Waals surface area contributed by atoms with E-state index >= 15 is 0 Å². The maximum atomic E-state index is 13.3. The van der Waals surface area contributed by atoms with E-state index < -0.39 is 40.1 Å². The lowest BCUT2D eigenvalue weighted by atomic mass is 9.95. The van der Waals surface area contributed by atoms with Crippen LogP contribution in [0.5, 0.6) is 11.6 Å². The third kappa shape index (κ3) is 6.27. The van der Waals surface area contributed by atoms with Gasteiger partial charge in [-0.1, -0.05) is 23.7 Å². The van der Waals surface area contributed by atoms with Gasteiger partial charge in [0.25, 0.3) is 5.91 Å². The third-order valence-electron chi connectivity index (χ3n) is 5.07. The average molecular weight is 528 g/mol. The highest BCUT2D eigenvalue weighted by atomic mass is 35.5. The molecule has 3 rings (SSSR count). The molecule has 192 valence electrons. The zero-order chi connectivity index (χ0) is 27.0. The summed E-state index contributed by atoms with van der Waals surface area (Å²) in [7, 11) is 1.31. The Morgan fingerprint density at radius 2 is 2.00 bits per heavy atom. The molecule has 1 heterocycles. The van der Waals surface area contributed by atoms with Gasteiger partial charge in [0.15, 0.2) is 5.75 Å². The normalized spacial score (nSPS) is 12.3. The molecule has 37 heavy (non-hydrogen) atoms. The van der Waals surface area contributed by atoms with Crippen LogP contribution in [0.3, 0.4) is 0 Å². The summed E-state index contributed by atoms with van der Waals surface area (Å²) < 4.78 is 16.3. The standard InChI is InChI=1S/C24H22ClN5O7/c1-3-35-15-29(2)23(32)24(14-26,37-20-7-5-4-6-19(20)30(33)34)21(31)10-11-36-22-13-27-18-12-16(25)8-9-17(18)28-22/h4-9,12-13H,3,10-11,15H2,1-2H3. The molecule has 0 aliphatic rings. The van der Waals surface area contributed by atoms with Gasteiger partial charge in [-0.2, -0.15) is 5.26 Å². The van der Waals surface area contributed by atoms with Crippen molar-refractivity contribution in [1.82, 2.24) is 14.9 Å². The molecule has 1 atom stereocenters. The highest BCUT2D eigenvalue weighted by molar-refractivity contribution is 6.31. The maximum absolute atomic E-state index is 13.3. The van der Waals surface area contributed by atoms with Crippen LogP contribution in [0.1, 0.15) is 13.3 Å². The highest BCUT2D eigenvalue weighted by Gasteiger charge is 2.51. The number of ketones is 1. The van der Waals surface area contributed by atoms with Crippen molar-refractivity contribution < 1.29 is 28.7 Å². The Morgan fingerprint density at radius 1 is 1.24 bits per heavy atom. The van der Waals surface area contributed by atoms with Crippen LogP contribution in [0.2, 0.25) is 5.02 Å². The van der Waals surface area contributed by atoms with Crippen LogP contribution in [0.4, 0.5) is 5.69 Å². The van der Waals surface area contributed by atoms with E-state index in [2.05, 4.69) is 9.97 Å². The first-order valence-corrected chi connectivity index (χ1v) is 11.3. The molecule has 0 spiro atoms. The smallest absolute Gasteiger partial charge is 0.330 e. The van der Waals surface area contributed by atoms with E-state index in [4.69, 9.17) is 25.8 Å². The van der Waals surface area contributed by atoms with Crippen LogP contribution in [-0.4, -0.2) is 64.1 Å². The van der Waals surface area contributed by atoms with Crippen LogP contribution in [0, 0.1) is 21.4 Å². The predicted octanol–water partition coefficient (Wildman–Crippen LogP) is 3.32. The largest absolute Gasteiger partial charge is 0.476 e. The topological polar surface area (TPSA) is 158 Å². The van der Waals surface area contributed by atoms with Crippen molar-refractivity contribution in [3.63, 3.8) is 0 Å². The molecule has 2 aromatic carbocycles. The number of Topliss-reactive ketones (excluding diaryl/α,β-unsaturated/α-hetero) is 1. The van der Waals surface area contributed by atoms with Gasteiger partial charge in [-0.05, 0) is 31.2 Å². The number of carbonyl (C=O) groups excluding carboxylic acids is 2. The van der Waals surface area contributed by atoms with Crippen molar-refractivity contribution >= 4 is 40.0 Å². The van der Waals surface area contributed by atoms with E-state index in [1.54, 1.807) is 31.2 Å². The van der Waals surface area contributed by atoms with Crippen LogP contribution in [-0.2, 0) is 14.3 Å². The number of hydrogen-bond donors (Lipinski definition) is 0. The second kappa shape index (κ2) is 12.1. The number of nitro benzene ring substituents is 1. The van der Waals surface area contributed by atoms with Crippen molar-refractivity contribution in [1.29, 1.82) is 5.26 Å². The van der Waals surface area contributed by atoms with Gasteiger partial charge in [0.05, 0.1) is 28.8 Å². The fourth-order valence-corrected chi connectivity index (χ4v) is 3.39. The molecular weight excluding hydrogens is 506 g/mol. The van der Waals surface area contributed by atoms with E-state index in [1.807, 2.05) is 0 Å². The number of likely N-dealkylation sites (N-methyl/N-ethyl adjacent to an activating group) is 1. The van der Waals surface area contributed by atoms with Crippen molar-refractivity contribution in [3.8, 4) is 17.7 Å². The molecule has 0 saturated carbocycles. The molecule has 13 heteroatoms. The number of para-hydroxylation sites is 2. The van der Waals surface area contributed by atoms with Crippen LogP contribution < -0.4 is 9.47 Å². The van der Waals surface area contributed by atoms with Crippen molar-refractivity contribution in [2.45, 2.75) is 18.9 Å². The summed E-state index contributed by atoms with van der Waals surface area (Å²) in [5, 5.41) is 22.0. The summed E-state index contributed by atoms with van der Waals surface area (Å²) in [6.45, 7) is 1.45.